The molecule has 0 amide bonds. The first-order valence-electron chi connectivity index (χ1n) is 9.72. The average Bonchev–Trinajstić information content (AvgIpc) is 2.71. The van der Waals surface area contributed by atoms with Crippen molar-refractivity contribution in [3.8, 4) is 11.5 Å². The Balaban J connectivity index is 1.96. The fourth-order valence-electron chi connectivity index (χ4n) is 3.08. The van der Waals surface area contributed by atoms with Crippen molar-refractivity contribution in [1.82, 2.24) is 0 Å². The number of hydrogen-bond acceptors (Lipinski definition) is 4. The highest BCUT2D eigenvalue weighted by Crippen LogP contribution is 2.34. The van der Waals surface area contributed by atoms with Crippen LogP contribution < -0.4 is 4.74 Å². The Morgan fingerprint density at radius 1 is 1.00 bits per heavy atom. The molecule has 0 aliphatic carbocycles. The van der Waals surface area contributed by atoms with Gasteiger partial charge in [-0.05, 0) is 55.7 Å². The standard InChI is InChI=1S/C23H30O4/c1-3-5-15-23(4-2,16-17-26-21-9-7-6-8-10-21)18-27-22(25)19-11-13-20(24)14-12-19/h6-14,24H,3-5,15-18H2,1-2H3. The van der Waals surface area contributed by atoms with Crippen LogP contribution in [0.1, 0.15) is 56.3 Å². The molecular formula is C23H30O4. The SMILES string of the molecule is CCCCC(CC)(CCOc1ccccc1)COC(=O)c1ccc(O)cc1. The molecule has 1 atom stereocenters. The number of carbonyl (C=O) groups is 1. The molecule has 0 heterocycles. The molecule has 0 fully saturated rings. The summed E-state index contributed by atoms with van der Waals surface area (Å²) in [5, 5.41) is 9.36. The van der Waals surface area contributed by atoms with E-state index in [2.05, 4.69) is 13.8 Å². The number of ether oxygens (including phenoxy) is 2. The van der Waals surface area contributed by atoms with E-state index >= 15 is 0 Å². The summed E-state index contributed by atoms with van der Waals surface area (Å²) in [5.74, 6) is 0.642. The summed E-state index contributed by atoms with van der Waals surface area (Å²) in [4.78, 5) is 12.4. The van der Waals surface area contributed by atoms with Crippen LogP contribution >= 0.6 is 0 Å². The van der Waals surface area contributed by atoms with Crippen LogP contribution in [0.25, 0.3) is 0 Å². The number of phenolic OH excluding ortho intramolecular Hbond substituents is 1. The zero-order valence-corrected chi connectivity index (χ0v) is 16.3. The summed E-state index contributed by atoms with van der Waals surface area (Å²) in [7, 11) is 0. The van der Waals surface area contributed by atoms with Gasteiger partial charge < -0.3 is 14.6 Å². The van der Waals surface area contributed by atoms with Gasteiger partial charge in [-0.15, -0.1) is 0 Å². The molecule has 0 saturated heterocycles. The number of rotatable bonds is 11. The maximum Gasteiger partial charge on any atom is 0.338 e. The number of carbonyl (C=O) groups excluding carboxylic acids is 1. The van der Waals surface area contributed by atoms with Crippen LogP contribution in [0, 0.1) is 5.41 Å². The molecule has 1 unspecified atom stereocenters. The third-order valence-electron chi connectivity index (χ3n) is 5.07. The molecule has 0 saturated carbocycles. The van der Waals surface area contributed by atoms with E-state index in [4.69, 9.17) is 9.47 Å². The van der Waals surface area contributed by atoms with Crippen molar-refractivity contribution in [3.05, 3.63) is 60.2 Å². The lowest BCUT2D eigenvalue weighted by Gasteiger charge is -2.32. The Hall–Kier alpha value is -2.49. The summed E-state index contributed by atoms with van der Waals surface area (Å²) >= 11 is 0. The topological polar surface area (TPSA) is 55.8 Å². The van der Waals surface area contributed by atoms with Gasteiger partial charge in [0.05, 0.1) is 18.8 Å². The first kappa shape index (κ1) is 20.8. The second-order valence-electron chi connectivity index (χ2n) is 6.99. The first-order valence-corrected chi connectivity index (χ1v) is 9.72. The molecule has 4 heteroatoms. The number of esters is 1. The molecule has 0 spiro atoms. The molecule has 27 heavy (non-hydrogen) atoms. The average molecular weight is 370 g/mol. The van der Waals surface area contributed by atoms with E-state index in [0.29, 0.717) is 18.8 Å². The number of para-hydroxylation sites is 1. The number of phenols is 1. The van der Waals surface area contributed by atoms with E-state index in [0.717, 1.165) is 37.9 Å². The highest BCUT2D eigenvalue weighted by atomic mass is 16.5. The molecule has 0 aliphatic rings. The minimum Gasteiger partial charge on any atom is -0.508 e. The normalized spacial score (nSPS) is 13.0. The quantitative estimate of drug-likeness (QED) is 0.523. The van der Waals surface area contributed by atoms with Gasteiger partial charge in [0, 0.05) is 5.41 Å². The van der Waals surface area contributed by atoms with Gasteiger partial charge in [-0.25, -0.2) is 4.79 Å². The first-order chi connectivity index (χ1) is 13.1. The molecule has 2 aromatic carbocycles. The van der Waals surface area contributed by atoms with Crippen LogP contribution in [0.4, 0.5) is 0 Å². The van der Waals surface area contributed by atoms with Crippen LogP contribution in [-0.2, 0) is 4.74 Å². The van der Waals surface area contributed by atoms with Crippen molar-refractivity contribution in [2.75, 3.05) is 13.2 Å². The number of benzene rings is 2. The van der Waals surface area contributed by atoms with Crippen molar-refractivity contribution in [2.45, 2.75) is 46.0 Å². The van der Waals surface area contributed by atoms with Gasteiger partial charge in [-0.3, -0.25) is 0 Å². The van der Waals surface area contributed by atoms with Crippen LogP contribution in [0.5, 0.6) is 11.5 Å². The van der Waals surface area contributed by atoms with Gasteiger partial charge >= 0.3 is 5.97 Å². The van der Waals surface area contributed by atoms with Crippen LogP contribution in [0.2, 0.25) is 0 Å². The number of hydrogen-bond donors (Lipinski definition) is 1. The number of aromatic hydroxyl groups is 1. The maximum atomic E-state index is 12.4. The third-order valence-corrected chi connectivity index (χ3v) is 5.07. The van der Waals surface area contributed by atoms with Gasteiger partial charge in [0.2, 0.25) is 0 Å². The summed E-state index contributed by atoms with van der Waals surface area (Å²) in [6.45, 7) is 5.29. The van der Waals surface area contributed by atoms with E-state index in [1.54, 1.807) is 12.1 Å². The van der Waals surface area contributed by atoms with Crippen molar-refractivity contribution < 1.29 is 19.4 Å². The van der Waals surface area contributed by atoms with Gasteiger partial charge in [0.25, 0.3) is 0 Å². The summed E-state index contributed by atoms with van der Waals surface area (Å²) in [5.41, 5.74) is 0.367. The zero-order chi connectivity index (χ0) is 19.5. The highest BCUT2D eigenvalue weighted by molar-refractivity contribution is 5.89. The number of unbranched alkanes of at least 4 members (excludes halogenated alkanes) is 1. The zero-order valence-electron chi connectivity index (χ0n) is 16.3. The molecule has 2 rings (SSSR count). The Morgan fingerprint density at radius 3 is 2.33 bits per heavy atom. The summed E-state index contributed by atoms with van der Waals surface area (Å²) in [6, 6.07) is 15.9. The molecule has 1 N–H and O–H groups in total. The van der Waals surface area contributed by atoms with Crippen molar-refractivity contribution in [3.63, 3.8) is 0 Å². The van der Waals surface area contributed by atoms with E-state index in [-0.39, 0.29) is 17.1 Å². The van der Waals surface area contributed by atoms with Crippen LogP contribution in [-0.4, -0.2) is 24.3 Å². The predicted molar refractivity (Wildman–Crippen MR) is 107 cm³/mol. The Morgan fingerprint density at radius 2 is 1.70 bits per heavy atom. The lowest BCUT2D eigenvalue weighted by molar-refractivity contribution is 0.0176. The molecule has 146 valence electrons. The summed E-state index contributed by atoms with van der Waals surface area (Å²) in [6.07, 6.45) is 4.96. The largest absolute Gasteiger partial charge is 0.508 e. The Bertz CT molecular complexity index is 681. The minimum atomic E-state index is -0.353. The maximum absolute atomic E-state index is 12.4. The van der Waals surface area contributed by atoms with Gasteiger partial charge in [0.1, 0.15) is 11.5 Å². The van der Waals surface area contributed by atoms with Gasteiger partial charge in [-0.1, -0.05) is 44.9 Å². The highest BCUT2D eigenvalue weighted by Gasteiger charge is 2.30. The Kier molecular flexibility index (Phi) is 8.18. The molecular weight excluding hydrogens is 340 g/mol. The molecule has 0 radical (unpaired) electrons. The molecule has 0 aromatic heterocycles. The molecule has 4 nitrogen and oxygen atoms in total. The van der Waals surface area contributed by atoms with Crippen molar-refractivity contribution in [1.29, 1.82) is 0 Å². The smallest absolute Gasteiger partial charge is 0.338 e. The van der Waals surface area contributed by atoms with Crippen molar-refractivity contribution >= 4 is 5.97 Å². The third kappa shape index (κ3) is 6.63. The molecule has 0 aliphatic heterocycles. The van der Waals surface area contributed by atoms with Crippen molar-refractivity contribution in [2.24, 2.45) is 5.41 Å². The monoisotopic (exact) mass is 370 g/mol. The van der Waals surface area contributed by atoms with E-state index in [1.165, 1.54) is 12.1 Å². The van der Waals surface area contributed by atoms with E-state index in [1.807, 2.05) is 30.3 Å². The fourth-order valence-corrected chi connectivity index (χ4v) is 3.08. The Labute approximate surface area is 162 Å². The van der Waals surface area contributed by atoms with Gasteiger partial charge in [0.15, 0.2) is 0 Å². The molecule has 0 bridgehead atoms. The van der Waals surface area contributed by atoms with Crippen LogP contribution in [0.15, 0.2) is 54.6 Å². The fraction of sp³-hybridized carbons (Fsp3) is 0.435. The second kappa shape index (κ2) is 10.6. The minimum absolute atomic E-state index is 0.0859. The van der Waals surface area contributed by atoms with Gasteiger partial charge in [-0.2, -0.15) is 0 Å². The summed E-state index contributed by atoms with van der Waals surface area (Å²) < 4.78 is 11.5. The second-order valence-corrected chi connectivity index (χ2v) is 6.99. The van der Waals surface area contributed by atoms with Crippen LogP contribution in [0.3, 0.4) is 0 Å². The predicted octanol–water partition coefficient (Wildman–Crippen LogP) is 5.60. The lowest BCUT2D eigenvalue weighted by atomic mass is 9.78. The van der Waals surface area contributed by atoms with E-state index < -0.39 is 0 Å². The molecule has 2 aromatic rings. The van der Waals surface area contributed by atoms with E-state index in [9.17, 15) is 9.90 Å². The lowest BCUT2D eigenvalue weighted by Crippen LogP contribution is -2.30.